The molecule has 130 valence electrons. The van der Waals surface area contributed by atoms with Crippen molar-refractivity contribution in [1.82, 2.24) is 14.5 Å². The molecule has 2 heterocycles. The summed E-state index contributed by atoms with van der Waals surface area (Å²) in [6.45, 7) is 6.48. The van der Waals surface area contributed by atoms with Gasteiger partial charge in [0.05, 0.1) is 11.0 Å². The molecule has 1 aliphatic heterocycles. The lowest BCUT2D eigenvalue weighted by Crippen LogP contribution is -2.44. The highest BCUT2D eigenvalue weighted by molar-refractivity contribution is 6.83. The molecule has 1 aromatic heterocycles. The Bertz CT molecular complexity index is 999. The van der Waals surface area contributed by atoms with Crippen molar-refractivity contribution in [3.8, 4) is 11.5 Å². The van der Waals surface area contributed by atoms with E-state index in [1.165, 1.54) is 9.13 Å². The Labute approximate surface area is 146 Å². The molecule has 7 heteroatoms. The summed E-state index contributed by atoms with van der Waals surface area (Å²) >= 11 is 0. The average Bonchev–Trinajstić information content (AvgIpc) is 2.77. The van der Waals surface area contributed by atoms with Crippen LogP contribution < -0.4 is 11.0 Å². The molecular formula is C18H21N3O3Si. The topological polar surface area (TPSA) is 73.1 Å². The number of carbonyl (C=O) groups is 2. The van der Waals surface area contributed by atoms with E-state index < -0.39 is 20.0 Å². The number of imide groups is 1. The summed E-state index contributed by atoms with van der Waals surface area (Å²) in [6.07, 6.45) is 0.558. The maximum atomic E-state index is 12.8. The third-order valence-corrected chi connectivity index (χ3v) is 5.07. The minimum absolute atomic E-state index is 0.231. The lowest BCUT2D eigenvalue weighted by molar-refractivity contribution is -0.135. The van der Waals surface area contributed by atoms with Gasteiger partial charge in [0.2, 0.25) is 11.8 Å². The van der Waals surface area contributed by atoms with E-state index in [1.54, 1.807) is 7.05 Å². The van der Waals surface area contributed by atoms with Crippen LogP contribution in [0.15, 0.2) is 23.0 Å². The number of carbonyl (C=O) groups excluding carboxylic acids is 2. The molecule has 0 saturated carbocycles. The summed E-state index contributed by atoms with van der Waals surface area (Å²) < 4.78 is 3.02. The molecule has 25 heavy (non-hydrogen) atoms. The van der Waals surface area contributed by atoms with E-state index in [9.17, 15) is 14.4 Å². The second-order valence-electron chi connectivity index (χ2n) is 7.35. The van der Waals surface area contributed by atoms with Crippen LogP contribution in [0.4, 0.5) is 0 Å². The number of nitrogens with zero attached hydrogens (tertiary/aromatic N) is 2. The van der Waals surface area contributed by atoms with Crippen molar-refractivity contribution in [3.63, 3.8) is 0 Å². The average molecular weight is 355 g/mol. The van der Waals surface area contributed by atoms with Gasteiger partial charge in [0, 0.05) is 19.0 Å². The van der Waals surface area contributed by atoms with E-state index in [4.69, 9.17) is 0 Å². The number of benzene rings is 1. The number of hydrogen-bond donors (Lipinski definition) is 1. The molecule has 0 spiro atoms. The van der Waals surface area contributed by atoms with E-state index in [2.05, 4.69) is 36.4 Å². The lowest BCUT2D eigenvalue weighted by Gasteiger charge is -2.21. The van der Waals surface area contributed by atoms with Crippen LogP contribution in [0.5, 0.6) is 0 Å². The standard InChI is InChI=1S/C18H21N3O3Si/c1-20-16-12(10-11-25(2,3)4)6-5-7-13(16)21(18(20)24)14-8-9-15(22)19-17(14)23/h5-7,14H,8-9H2,1-4H3,(H,19,22,23). The Morgan fingerprint density at radius 3 is 2.56 bits per heavy atom. The van der Waals surface area contributed by atoms with E-state index in [0.29, 0.717) is 11.9 Å². The Morgan fingerprint density at radius 1 is 1.20 bits per heavy atom. The second-order valence-corrected chi connectivity index (χ2v) is 12.1. The van der Waals surface area contributed by atoms with Gasteiger partial charge in [0.15, 0.2) is 0 Å². The molecule has 1 unspecified atom stereocenters. The minimum Gasteiger partial charge on any atom is -0.295 e. The molecule has 1 N–H and O–H groups in total. The number of piperidine rings is 1. The van der Waals surface area contributed by atoms with Crippen LogP contribution in [-0.2, 0) is 16.6 Å². The summed E-state index contributed by atoms with van der Waals surface area (Å²) in [5.74, 6) is 2.49. The number of fused-ring (bicyclic) bond motifs is 1. The van der Waals surface area contributed by atoms with Crippen LogP contribution in [0.25, 0.3) is 11.0 Å². The number of rotatable bonds is 1. The van der Waals surface area contributed by atoms with E-state index >= 15 is 0 Å². The summed E-state index contributed by atoms with van der Waals surface area (Å²) in [5, 5.41) is 2.32. The van der Waals surface area contributed by atoms with Crippen molar-refractivity contribution < 1.29 is 9.59 Å². The Hall–Kier alpha value is -2.59. The van der Waals surface area contributed by atoms with Crippen molar-refractivity contribution in [1.29, 1.82) is 0 Å². The quantitative estimate of drug-likeness (QED) is 0.479. The number of para-hydroxylation sites is 1. The lowest BCUT2D eigenvalue weighted by atomic mass is 10.1. The molecule has 3 rings (SSSR count). The van der Waals surface area contributed by atoms with Gasteiger partial charge in [-0.05, 0) is 18.6 Å². The molecule has 1 aliphatic rings. The third-order valence-electron chi connectivity index (χ3n) is 4.20. The number of aryl methyl sites for hydroxylation is 1. The molecule has 1 saturated heterocycles. The van der Waals surface area contributed by atoms with Crippen LogP contribution in [0, 0.1) is 11.5 Å². The molecule has 2 amide bonds. The Kier molecular flexibility index (Phi) is 4.17. The number of aromatic nitrogens is 2. The molecule has 1 aromatic carbocycles. The van der Waals surface area contributed by atoms with Gasteiger partial charge < -0.3 is 0 Å². The highest BCUT2D eigenvalue weighted by Crippen LogP contribution is 2.24. The summed E-state index contributed by atoms with van der Waals surface area (Å²) in [7, 11) is 0.128. The van der Waals surface area contributed by atoms with E-state index in [-0.39, 0.29) is 18.0 Å². The van der Waals surface area contributed by atoms with Crippen molar-refractivity contribution in [2.24, 2.45) is 7.05 Å². The first-order chi connectivity index (χ1) is 11.7. The maximum absolute atomic E-state index is 12.8. The van der Waals surface area contributed by atoms with Crippen LogP contribution >= 0.6 is 0 Å². The van der Waals surface area contributed by atoms with Crippen molar-refractivity contribution in [2.75, 3.05) is 0 Å². The summed E-state index contributed by atoms with van der Waals surface area (Å²) in [5.41, 5.74) is 5.23. The van der Waals surface area contributed by atoms with E-state index in [0.717, 1.165) is 11.1 Å². The van der Waals surface area contributed by atoms with Gasteiger partial charge in [0.1, 0.15) is 14.1 Å². The number of imidazole rings is 1. The van der Waals surface area contributed by atoms with Crippen molar-refractivity contribution >= 4 is 30.9 Å². The first kappa shape index (κ1) is 17.2. The molecular weight excluding hydrogens is 334 g/mol. The van der Waals surface area contributed by atoms with E-state index in [1.807, 2.05) is 18.2 Å². The zero-order valence-electron chi connectivity index (χ0n) is 14.8. The molecule has 0 aliphatic carbocycles. The van der Waals surface area contributed by atoms with Gasteiger partial charge in [-0.1, -0.05) is 31.6 Å². The highest BCUT2D eigenvalue weighted by Gasteiger charge is 2.31. The largest absolute Gasteiger partial charge is 0.329 e. The zero-order chi connectivity index (χ0) is 18.4. The normalized spacial score (nSPS) is 18.0. The predicted octanol–water partition coefficient (Wildman–Crippen LogP) is 1.55. The van der Waals surface area contributed by atoms with Crippen molar-refractivity contribution in [3.05, 3.63) is 34.2 Å². The van der Waals surface area contributed by atoms with Crippen LogP contribution in [-0.4, -0.2) is 29.0 Å². The fourth-order valence-corrected chi connectivity index (χ4v) is 3.53. The summed E-state index contributed by atoms with van der Waals surface area (Å²) in [6, 6.07) is 4.89. The SMILES string of the molecule is Cn1c(=O)n(C2CCC(=O)NC2=O)c2cccc(C#C[Si](C)(C)C)c21. The molecule has 1 fully saturated rings. The van der Waals surface area contributed by atoms with Crippen LogP contribution in [0.3, 0.4) is 0 Å². The fourth-order valence-electron chi connectivity index (χ4n) is 3.02. The molecule has 2 aromatic rings. The Morgan fingerprint density at radius 2 is 1.92 bits per heavy atom. The van der Waals surface area contributed by atoms with Crippen LogP contribution in [0.2, 0.25) is 19.6 Å². The van der Waals surface area contributed by atoms with Crippen LogP contribution in [0.1, 0.15) is 24.4 Å². The smallest absolute Gasteiger partial charge is 0.295 e. The fraction of sp³-hybridized carbons (Fsp3) is 0.389. The zero-order valence-corrected chi connectivity index (χ0v) is 15.8. The molecule has 0 bridgehead atoms. The van der Waals surface area contributed by atoms with Gasteiger partial charge in [-0.2, -0.15) is 0 Å². The third kappa shape index (κ3) is 3.17. The first-order valence-corrected chi connectivity index (χ1v) is 11.8. The van der Waals surface area contributed by atoms with Gasteiger partial charge in [0.25, 0.3) is 0 Å². The molecule has 1 atom stereocenters. The maximum Gasteiger partial charge on any atom is 0.329 e. The first-order valence-electron chi connectivity index (χ1n) is 8.26. The molecule has 0 radical (unpaired) electrons. The number of amides is 2. The van der Waals surface area contributed by atoms with Crippen molar-refractivity contribution in [2.45, 2.75) is 38.5 Å². The van der Waals surface area contributed by atoms with Gasteiger partial charge in [-0.15, -0.1) is 5.54 Å². The second kappa shape index (κ2) is 6.04. The predicted molar refractivity (Wildman–Crippen MR) is 98.8 cm³/mol. The van der Waals surface area contributed by atoms with Gasteiger partial charge >= 0.3 is 5.69 Å². The minimum atomic E-state index is -1.56. The van der Waals surface area contributed by atoms with Gasteiger partial charge in [-0.3, -0.25) is 24.0 Å². The highest BCUT2D eigenvalue weighted by atomic mass is 28.3. The summed E-state index contributed by atoms with van der Waals surface area (Å²) in [4.78, 5) is 36.4. The Balaban J connectivity index is 2.21. The number of nitrogens with one attached hydrogen (secondary N) is 1. The number of hydrogen-bond acceptors (Lipinski definition) is 3. The molecule has 6 nitrogen and oxygen atoms in total. The monoisotopic (exact) mass is 355 g/mol. The van der Waals surface area contributed by atoms with Gasteiger partial charge in [-0.25, -0.2) is 4.79 Å².